The van der Waals surface area contributed by atoms with Crippen molar-refractivity contribution < 1.29 is 9.84 Å². The molecule has 0 spiro atoms. The Morgan fingerprint density at radius 2 is 1.71 bits per heavy atom. The molecule has 0 unspecified atom stereocenters. The van der Waals surface area contributed by atoms with E-state index in [0.29, 0.717) is 33.8 Å². The van der Waals surface area contributed by atoms with Gasteiger partial charge in [-0.1, -0.05) is 34.8 Å². The molecule has 0 atom stereocenters. The van der Waals surface area contributed by atoms with Gasteiger partial charge in [0.1, 0.15) is 0 Å². The molecule has 1 N–H and O–H groups in total. The van der Waals surface area contributed by atoms with E-state index in [4.69, 9.17) is 44.6 Å². The summed E-state index contributed by atoms with van der Waals surface area (Å²) in [4.78, 5) is 0. The van der Waals surface area contributed by atoms with Gasteiger partial charge in [0, 0.05) is 18.1 Å². The van der Waals surface area contributed by atoms with Crippen molar-refractivity contribution in [2.24, 2.45) is 0 Å². The zero-order chi connectivity index (χ0) is 10.6. The Kier molecular flexibility index (Phi) is 4.82. The second kappa shape index (κ2) is 5.66. The van der Waals surface area contributed by atoms with Crippen molar-refractivity contribution in [3.63, 3.8) is 0 Å². The highest BCUT2D eigenvalue weighted by molar-refractivity contribution is 6.40. The van der Waals surface area contributed by atoms with Crippen molar-refractivity contribution in [3.05, 3.63) is 27.2 Å². The molecule has 0 bridgehead atoms. The van der Waals surface area contributed by atoms with Crippen molar-refractivity contribution >= 4 is 34.8 Å². The van der Waals surface area contributed by atoms with Gasteiger partial charge in [0.2, 0.25) is 0 Å². The Balaban J connectivity index is 2.75. The van der Waals surface area contributed by atoms with Crippen molar-refractivity contribution in [2.45, 2.75) is 6.42 Å². The van der Waals surface area contributed by atoms with Gasteiger partial charge in [-0.2, -0.15) is 0 Å². The average molecular weight is 256 g/mol. The predicted molar refractivity (Wildman–Crippen MR) is 58.7 cm³/mol. The number of rotatable bonds is 4. The Morgan fingerprint density at radius 3 is 2.21 bits per heavy atom. The first-order chi connectivity index (χ1) is 6.65. The molecule has 0 amide bonds. The van der Waals surface area contributed by atoms with Crippen LogP contribution < -0.4 is 4.74 Å². The number of aliphatic hydroxyl groups is 1. The monoisotopic (exact) mass is 254 g/mol. The van der Waals surface area contributed by atoms with Gasteiger partial charge in [0.05, 0.1) is 16.7 Å². The zero-order valence-corrected chi connectivity index (χ0v) is 9.53. The summed E-state index contributed by atoms with van der Waals surface area (Å²) in [5.41, 5.74) is 0. The molecule has 14 heavy (non-hydrogen) atoms. The number of hydrogen-bond acceptors (Lipinski definition) is 2. The van der Waals surface area contributed by atoms with Crippen LogP contribution in [0.2, 0.25) is 15.1 Å². The summed E-state index contributed by atoms with van der Waals surface area (Å²) in [6, 6.07) is 3.12. The minimum absolute atomic E-state index is 0.0722. The highest BCUT2D eigenvalue weighted by Crippen LogP contribution is 2.35. The number of hydrogen-bond donors (Lipinski definition) is 1. The fourth-order valence-corrected chi connectivity index (χ4v) is 1.83. The summed E-state index contributed by atoms with van der Waals surface area (Å²) in [6.07, 6.45) is 0.537. The Morgan fingerprint density at radius 1 is 1.14 bits per heavy atom. The normalized spacial score (nSPS) is 10.3. The van der Waals surface area contributed by atoms with E-state index in [0.717, 1.165) is 0 Å². The second-order valence-corrected chi connectivity index (χ2v) is 3.88. The van der Waals surface area contributed by atoms with Crippen LogP contribution in [0.1, 0.15) is 6.42 Å². The maximum atomic E-state index is 8.56. The lowest BCUT2D eigenvalue weighted by Gasteiger charge is -2.09. The topological polar surface area (TPSA) is 29.5 Å². The fraction of sp³-hybridized carbons (Fsp3) is 0.333. The first-order valence-corrected chi connectivity index (χ1v) is 5.16. The lowest BCUT2D eigenvalue weighted by Crippen LogP contribution is -2.00. The van der Waals surface area contributed by atoms with E-state index in [9.17, 15) is 0 Å². The molecule has 2 nitrogen and oxygen atoms in total. The molecule has 5 heteroatoms. The van der Waals surface area contributed by atoms with E-state index < -0.39 is 0 Å². The molecule has 0 aliphatic heterocycles. The van der Waals surface area contributed by atoms with E-state index in [1.807, 2.05) is 0 Å². The second-order valence-electron chi connectivity index (χ2n) is 2.62. The van der Waals surface area contributed by atoms with E-state index in [1.165, 1.54) is 0 Å². The van der Waals surface area contributed by atoms with Crippen LogP contribution >= 0.6 is 34.8 Å². The standard InChI is InChI=1S/C9H9Cl3O2/c10-6-4-7(11)9(8(12)5-6)14-3-1-2-13/h4-5,13H,1-3H2. The number of halogens is 3. The predicted octanol–water partition coefficient (Wildman–Crippen LogP) is 3.41. The molecule has 1 aromatic rings. The maximum Gasteiger partial charge on any atom is 0.156 e. The third-order valence-electron chi connectivity index (χ3n) is 1.51. The first kappa shape index (κ1) is 11.9. The highest BCUT2D eigenvalue weighted by Gasteiger charge is 2.08. The first-order valence-electron chi connectivity index (χ1n) is 4.03. The van der Waals surface area contributed by atoms with Gasteiger partial charge in [-0.15, -0.1) is 0 Å². The quantitative estimate of drug-likeness (QED) is 0.836. The van der Waals surface area contributed by atoms with Gasteiger partial charge in [-0.25, -0.2) is 0 Å². The number of ether oxygens (including phenoxy) is 1. The number of aliphatic hydroxyl groups excluding tert-OH is 1. The lowest BCUT2D eigenvalue weighted by atomic mass is 10.3. The molecule has 0 fully saturated rings. The van der Waals surface area contributed by atoms with E-state index in [1.54, 1.807) is 12.1 Å². The van der Waals surface area contributed by atoms with Crippen LogP contribution in [0.5, 0.6) is 5.75 Å². The Bertz CT molecular complexity index is 292. The minimum atomic E-state index is 0.0722. The molecule has 0 saturated heterocycles. The van der Waals surface area contributed by atoms with E-state index in [2.05, 4.69) is 0 Å². The molecule has 0 radical (unpaired) electrons. The van der Waals surface area contributed by atoms with Gasteiger partial charge in [0.15, 0.2) is 5.75 Å². The summed E-state index contributed by atoms with van der Waals surface area (Å²) >= 11 is 17.4. The van der Waals surface area contributed by atoms with Crippen LogP contribution in [0, 0.1) is 0 Å². The molecule has 0 aliphatic carbocycles. The van der Waals surface area contributed by atoms with Gasteiger partial charge in [0.25, 0.3) is 0 Å². The highest BCUT2D eigenvalue weighted by atomic mass is 35.5. The number of benzene rings is 1. The van der Waals surface area contributed by atoms with Crippen molar-refractivity contribution in [2.75, 3.05) is 13.2 Å². The Labute approximate surface area is 97.3 Å². The third kappa shape index (κ3) is 3.21. The van der Waals surface area contributed by atoms with Gasteiger partial charge in [-0.05, 0) is 12.1 Å². The molecule has 1 rings (SSSR count). The minimum Gasteiger partial charge on any atom is -0.490 e. The van der Waals surface area contributed by atoms with Gasteiger partial charge in [-0.3, -0.25) is 0 Å². The van der Waals surface area contributed by atoms with Crippen molar-refractivity contribution in [3.8, 4) is 5.75 Å². The maximum absolute atomic E-state index is 8.56. The van der Waals surface area contributed by atoms with Crippen LogP contribution in [0.4, 0.5) is 0 Å². The van der Waals surface area contributed by atoms with Crippen LogP contribution in [0.25, 0.3) is 0 Å². The fourth-order valence-electron chi connectivity index (χ4n) is 0.906. The average Bonchev–Trinajstić information content (AvgIpc) is 2.09. The van der Waals surface area contributed by atoms with Crippen molar-refractivity contribution in [1.82, 2.24) is 0 Å². The molecule has 0 aliphatic rings. The molecule has 0 saturated carbocycles. The molecule has 0 heterocycles. The summed E-state index contributed by atoms with van der Waals surface area (Å²) in [7, 11) is 0. The summed E-state index contributed by atoms with van der Waals surface area (Å²) in [5, 5.41) is 9.78. The lowest BCUT2D eigenvalue weighted by molar-refractivity contribution is 0.234. The molecule has 0 aromatic heterocycles. The third-order valence-corrected chi connectivity index (χ3v) is 2.29. The molecular formula is C9H9Cl3O2. The van der Waals surface area contributed by atoms with Crippen molar-refractivity contribution in [1.29, 1.82) is 0 Å². The van der Waals surface area contributed by atoms with Crippen LogP contribution in [0.3, 0.4) is 0 Å². The summed E-state index contributed by atoms with van der Waals surface area (Å²) in [6.45, 7) is 0.445. The van der Waals surface area contributed by atoms with Gasteiger partial charge < -0.3 is 9.84 Å². The van der Waals surface area contributed by atoms with Crippen LogP contribution in [-0.2, 0) is 0 Å². The summed E-state index contributed by atoms with van der Waals surface area (Å²) < 4.78 is 5.28. The van der Waals surface area contributed by atoms with Gasteiger partial charge >= 0.3 is 0 Å². The molecular weight excluding hydrogens is 246 g/mol. The molecule has 1 aromatic carbocycles. The zero-order valence-electron chi connectivity index (χ0n) is 7.27. The Hall–Kier alpha value is -0.150. The SMILES string of the molecule is OCCCOc1c(Cl)cc(Cl)cc1Cl. The van der Waals surface area contributed by atoms with E-state index in [-0.39, 0.29) is 6.61 Å². The largest absolute Gasteiger partial charge is 0.490 e. The van der Waals surface area contributed by atoms with Crippen LogP contribution in [-0.4, -0.2) is 18.3 Å². The van der Waals surface area contributed by atoms with E-state index >= 15 is 0 Å². The summed E-state index contributed by atoms with van der Waals surface area (Å²) in [5.74, 6) is 0.409. The smallest absolute Gasteiger partial charge is 0.156 e. The van der Waals surface area contributed by atoms with Crippen LogP contribution in [0.15, 0.2) is 12.1 Å². The molecule has 78 valence electrons.